The summed E-state index contributed by atoms with van der Waals surface area (Å²) in [4.78, 5) is 37.3. The molecule has 25 heavy (non-hydrogen) atoms. The van der Waals surface area contributed by atoms with Crippen LogP contribution in [0.2, 0.25) is 0 Å². The van der Waals surface area contributed by atoms with Crippen LogP contribution in [0.4, 0.5) is 5.69 Å². The number of carbonyl (C=O) groups excluding carboxylic acids is 1. The van der Waals surface area contributed by atoms with E-state index in [1.54, 1.807) is 24.3 Å². The average Bonchev–Trinajstić information content (AvgIpc) is 2.60. The smallest absolute Gasteiger partial charge is 0.337 e. The number of fused-ring (bicyclic) bond motifs is 1. The highest BCUT2D eigenvalue weighted by atomic mass is 16.4. The maximum atomic E-state index is 12.1. The number of H-pyrrole nitrogens is 1. The Balaban J connectivity index is 1.67. The van der Waals surface area contributed by atoms with Gasteiger partial charge in [0.2, 0.25) is 11.5 Å². The van der Waals surface area contributed by atoms with Crippen molar-refractivity contribution in [2.24, 2.45) is 0 Å². The second kappa shape index (κ2) is 7.00. The first-order valence-electron chi connectivity index (χ1n) is 7.77. The number of aromatic amines is 1. The van der Waals surface area contributed by atoms with E-state index < -0.39 is 5.97 Å². The largest absolute Gasteiger partial charge is 0.478 e. The Hall–Kier alpha value is -3.41. The Labute approximate surface area is 143 Å². The Morgan fingerprint density at radius 1 is 1.04 bits per heavy atom. The van der Waals surface area contributed by atoms with E-state index in [0.29, 0.717) is 6.42 Å². The van der Waals surface area contributed by atoms with E-state index in [1.165, 1.54) is 12.1 Å². The lowest BCUT2D eigenvalue weighted by molar-refractivity contribution is -0.116. The van der Waals surface area contributed by atoms with E-state index in [1.807, 2.05) is 18.2 Å². The summed E-state index contributed by atoms with van der Waals surface area (Å²) < 4.78 is 0. The van der Waals surface area contributed by atoms with Gasteiger partial charge in [-0.2, -0.15) is 0 Å². The highest BCUT2D eigenvalue weighted by Crippen LogP contribution is 2.17. The maximum Gasteiger partial charge on any atom is 0.337 e. The average molecular weight is 336 g/mol. The van der Waals surface area contributed by atoms with E-state index in [0.717, 1.165) is 16.5 Å². The van der Waals surface area contributed by atoms with E-state index in [2.05, 4.69) is 10.3 Å². The van der Waals surface area contributed by atoms with Crippen LogP contribution in [0, 0.1) is 0 Å². The van der Waals surface area contributed by atoms with Gasteiger partial charge in [0.25, 0.3) is 0 Å². The van der Waals surface area contributed by atoms with Crippen molar-refractivity contribution in [2.75, 3.05) is 5.32 Å². The van der Waals surface area contributed by atoms with Gasteiger partial charge in [-0.15, -0.1) is 0 Å². The van der Waals surface area contributed by atoms with Gasteiger partial charge in [0.05, 0.1) is 11.3 Å². The minimum Gasteiger partial charge on any atom is -0.478 e. The fourth-order valence-corrected chi connectivity index (χ4v) is 2.61. The molecule has 0 aliphatic rings. The van der Waals surface area contributed by atoms with Crippen LogP contribution in [0.5, 0.6) is 0 Å². The molecule has 1 aromatic heterocycles. The third kappa shape index (κ3) is 3.92. The number of carbonyl (C=O) groups is 2. The molecular weight excluding hydrogens is 320 g/mol. The molecule has 126 valence electrons. The number of para-hydroxylation sites is 1. The summed E-state index contributed by atoms with van der Waals surface area (Å²) in [7, 11) is 0. The number of anilines is 1. The van der Waals surface area contributed by atoms with Gasteiger partial charge in [-0.3, -0.25) is 9.59 Å². The number of amides is 1. The quantitative estimate of drug-likeness (QED) is 0.667. The number of hydrogen-bond donors (Lipinski definition) is 3. The Bertz CT molecular complexity index is 1010. The van der Waals surface area contributed by atoms with Crippen LogP contribution in [0.25, 0.3) is 10.9 Å². The van der Waals surface area contributed by atoms with Crippen molar-refractivity contribution < 1.29 is 14.7 Å². The zero-order valence-corrected chi connectivity index (χ0v) is 13.3. The van der Waals surface area contributed by atoms with Crippen LogP contribution in [0.15, 0.2) is 59.4 Å². The first-order valence-corrected chi connectivity index (χ1v) is 7.77. The van der Waals surface area contributed by atoms with Gasteiger partial charge in [-0.1, -0.05) is 18.2 Å². The van der Waals surface area contributed by atoms with Crippen LogP contribution < -0.4 is 10.9 Å². The second-order valence-corrected chi connectivity index (χ2v) is 5.64. The molecule has 0 atom stereocenters. The van der Waals surface area contributed by atoms with Gasteiger partial charge in [0.1, 0.15) is 0 Å². The summed E-state index contributed by atoms with van der Waals surface area (Å²) in [6.45, 7) is 0. The molecule has 0 saturated carbocycles. The topological polar surface area (TPSA) is 99.3 Å². The molecule has 0 unspecified atom stereocenters. The summed E-state index contributed by atoms with van der Waals surface area (Å²) in [5.41, 5.74) is 1.90. The molecule has 1 heterocycles. The van der Waals surface area contributed by atoms with Crippen molar-refractivity contribution in [3.05, 3.63) is 76.1 Å². The van der Waals surface area contributed by atoms with Crippen LogP contribution in [-0.2, 0) is 11.2 Å². The molecule has 0 aliphatic heterocycles. The van der Waals surface area contributed by atoms with E-state index in [-0.39, 0.29) is 29.1 Å². The number of benzene rings is 2. The van der Waals surface area contributed by atoms with Crippen molar-refractivity contribution in [1.82, 2.24) is 4.98 Å². The predicted molar refractivity (Wildman–Crippen MR) is 94.9 cm³/mol. The summed E-state index contributed by atoms with van der Waals surface area (Å²) >= 11 is 0. The summed E-state index contributed by atoms with van der Waals surface area (Å²) in [6, 6.07) is 15.1. The summed E-state index contributed by atoms with van der Waals surface area (Å²) in [6.07, 6.45) is 0.735. The van der Waals surface area contributed by atoms with Crippen molar-refractivity contribution in [3.63, 3.8) is 0 Å². The molecule has 0 spiro atoms. The number of rotatable bonds is 5. The molecule has 0 aliphatic carbocycles. The van der Waals surface area contributed by atoms with E-state index in [4.69, 9.17) is 5.11 Å². The van der Waals surface area contributed by atoms with Crippen molar-refractivity contribution >= 4 is 28.5 Å². The number of carboxylic acid groups (broad SMARTS) is 1. The van der Waals surface area contributed by atoms with Gasteiger partial charge >= 0.3 is 5.97 Å². The lowest BCUT2D eigenvalue weighted by Gasteiger charge is -2.08. The highest BCUT2D eigenvalue weighted by molar-refractivity contribution is 6.00. The van der Waals surface area contributed by atoms with Gasteiger partial charge in [0.15, 0.2) is 0 Å². The molecule has 0 fully saturated rings. The number of carboxylic acids is 1. The van der Waals surface area contributed by atoms with Crippen LogP contribution >= 0.6 is 0 Å². The van der Waals surface area contributed by atoms with E-state index >= 15 is 0 Å². The monoisotopic (exact) mass is 336 g/mol. The molecule has 3 aromatic rings. The fraction of sp³-hybridized carbons (Fsp3) is 0.105. The number of aryl methyl sites for hydroxylation is 1. The molecular formula is C19H16N2O4. The number of aromatic nitrogens is 1. The Kier molecular flexibility index (Phi) is 4.61. The highest BCUT2D eigenvalue weighted by Gasteiger charge is 2.11. The molecule has 3 N–H and O–H groups in total. The first kappa shape index (κ1) is 16.4. The van der Waals surface area contributed by atoms with Gasteiger partial charge in [-0.25, -0.2) is 4.79 Å². The lowest BCUT2D eigenvalue weighted by atomic mass is 10.1. The molecule has 1 amide bonds. The predicted octanol–water partition coefficient (Wildman–Crippen LogP) is 2.80. The second-order valence-electron chi connectivity index (χ2n) is 5.64. The number of aromatic carboxylic acids is 1. The standard InChI is InChI=1S/C19H16N2O4/c22-17(21-16-4-2-1-3-14(16)19(24)25)9-6-12-5-8-15-13(11-12)7-10-18(23)20-15/h1-5,7-8,10-11H,6,9H2,(H,20,23)(H,21,22)(H,24,25). The van der Waals surface area contributed by atoms with Gasteiger partial charge in [0, 0.05) is 18.0 Å². The normalized spacial score (nSPS) is 10.6. The van der Waals surface area contributed by atoms with Crippen molar-refractivity contribution in [1.29, 1.82) is 0 Å². The third-order valence-electron chi connectivity index (χ3n) is 3.86. The molecule has 6 nitrogen and oxygen atoms in total. The lowest BCUT2D eigenvalue weighted by Crippen LogP contribution is -2.15. The van der Waals surface area contributed by atoms with Crippen LogP contribution in [0.3, 0.4) is 0 Å². The summed E-state index contributed by atoms with van der Waals surface area (Å²) in [5, 5.41) is 12.7. The molecule has 3 rings (SSSR count). The minimum absolute atomic E-state index is 0.0607. The van der Waals surface area contributed by atoms with E-state index in [9.17, 15) is 14.4 Å². The molecule has 6 heteroatoms. The molecule has 0 bridgehead atoms. The van der Waals surface area contributed by atoms with Crippen LogP contribution in [-0.4, -0.2) is 22.0 Å². The SMILES string of the molecule is O=C(CCc1ccc2[nH]c(=O)ccc2c1)Nc1ccccc1C(=O)O. The third-order valence-corrected chi connectivity index (χ3v) is 3.86. The molecule has 2 aromatic carbocycles. The van der Waals surface area contributed by atoms with Gasteiger partial charge in [-0.05, 0) is 47.7 Å². The minimum atomic E-state index is -1.08. The summed E-state index contributed by atoms with van der Waals surface area (Å²) in [5.74, 6) is -1.34. The number of nitrogens with one attached hydrogen (secondary N) is 2. The molecule has 0 saturated heterocycles. The van der Waals surface area contributed by atoms with Crippen LogP contribution in [0.1, 0.15) is 22.3 Å². The van der Waals surface area contributed by atoms with Gasteiger partial charge < -0.3 is 15.4 Å². The Morgan fingerprint density at radius 3 is 2.64 bits per heavy atom. The van der Waals surface area contributed by atoms with Crippen molar-refractivity contribution in [3.8, 4) is 0 Å². The number of pyridine rings is 1. The fourth-order valence-electron chi connectivity index (χ4n) is 2.61. The number of hydrogen-bond acceptors (Lipinski definition) is 3. The first-order chi connectivity index (χ1) is 12.0. The maximum absolute atomic E-state index is 12.1. The zero-order chi connectivity index (χ0) is 17.8. The molecule has 0 radical (unpaired) electrons. The zero-order valence-electron chi connectivity index (χ0n) is 13.3. The Morgan fingerprint density at radius 2 is 1.84 bits per heavy atom. The van der Waals surface area contributed by atoms with Crippen molar-refractivity contribution in [2.45, 2.75) is 12.8 Å².